The Hall–Kier alpha value is -8.92. The van der Waals surface area contributed by atoms with Crippen LogP contribution in [-0.2, 0) is 37.9 Å². The van der Waals surface area contributed by atoms with Crippen LogP contribution in [-0.4, -0.2) is 46.2 Å². The van der Waals surface area contributed by atoms with Crippen LogP contribution in [0.25, 0.3) is 0 Å². The topological polar surface area (TPSA) is 102 Å². The van der Waals surface area contributed by atoms with Gasteiger partial charge in [0.1, 0.15) is 11.5 Å². The Morgan fingerprint density at radius 1 is 0.315 bits per heavy atom. The molecule has 1 aromatic carbocycles. The number of nitrogens with zero attached hydrogens (tertiary/aromatic N) is 6. The Morgan fingerprint density at radius 2 is 0.777 bits per heavy atom. The number of hydrogen-bond donors (Lipinski definition) is 0. The molecular formula is C121H184N6O2S. The predicted molar refractivity (Wildman–Crippen MR) is 579 cm³/mol. The second kappa shape index (κ2) is 54.3. The van der Waals surface area contributed by atoms with Gasteiger partial charge in [0, 0.05) is 98.9 Å². The van der Waals surface area contributed by atoms with Crippen LogP contribution in [0, 0.1) is 37.9 Å². The quantitative estimate of drug-likeness (QED) is 0.151. The summed E-state index contributed by atoms with van der Waals surface area (Å²) < 4.78 is 10.4. The van der Waals surface area contributed by atoms with Gasteiger partial charge in [-0.2, -0.15) is 0 Å². The molecule has 4 aliphatic carbocycles. The lowest BCUT2D eigenvalue weighted by atomic mass is 9.86. The standard InChI is InChI=1S/C10H14.3C9H13N.4C9H14.3C8H13N.2C8H12O.C8H12S/c1-10(2,3)9-7-5-4-6-8-9;1-9(2,3)8-4-6-10-7-5-8;1-9(2,3)8-5-4-6-10-7-8;1-9(2,3)8-6-4-5-7-10-8;4*1-9(2,3)8-6-4-5-7-8;1-8(2,3)7-4-5-9-6-7;5*1-8(2,3)7-5-4-6-9-7/h4-8H,1-3H3;3*4-7H,1-3H3;3*4,6-7H,5H2,1-3H3;4-6H,7H2,1-3H3;4,6H,5H2,1-3H3;5-6H,4H2,1-3H3;4-5H,6H2,1-3H3;3*4-6H,1-3H3. The van der Waals surface area contributed by atoms with Crippen LogP contribution >= 0.6 is 11.3 Å². The maximum atomic E-state index is 5.20. The third-order valence-corrected chi connectivity index (χ3v) is 22.2. The van der Waals surface area contributed by atoms with E-state index in [4.69, 9.17) is 8.83 Å². The van der Waals surface area contributed by atoms with Gasteiger partial charge in [-0.05, 0) is 186 Å². The van der Waals surface area contributed by atoms with E-state index >= 15 is 0 Å². The monoisotopic (exact) mass is 1790 g/mol. The third kappa shape index (κ3) is 52.9. The van der Waals surface area contributed by atoms with E-state index in [0.717, 1.165) is 62.4 Å². The van der Waals surface area contributed by atoms with Crippen LogP contribution < -0.4 is 0 Å². The first-order valence-electron chi connectivity index (χ1n) is 47.5. The van der Waals surface area contributed by atoms with Gasteiger partial charge in [-0.3, -0.25) is 29.9 Å². The third-order valence-electron chi connectivity index (χ3n) is 20.9. The fourth-order valence-electron chi connectivity index (χ4n) is 12.1. The molecule has 0 bridgehead atoms. The molecule has 0 amide bonds. The van der Waals surface area contributed by atoms with E-state index in [1.165, 1.54) is 55.3 Å². The fourth-order valence-corrected chi connectivity index (χ4v) is 13.0. The van der Waals surface area contributed by atoms with Crippen LogP contribution in [0.4, 0.5) is 0 Å². The molecule has 3 aliphatic heterocycles. The second-order valence-electron chi connectivity index (χ2n) is 48.1. The highest BCUT2D eigenvalue weighted by Crippen LogP contribution is 2.36. The van der Waals surface area contributed by atoms with Crippen molar-refractivity contribution in [2.45, 2.75) is 361 Å². The molecule has 130 heavy (non-hydrogen) atoms. The van der Waals surface area contributed by atoms with Crippen molar-refractivity contribution in [2.24, 2.45) is 52.9 Å². The summed E-state index contributed by atoms with van der Waals surface area (Å²) in [6, 6.07) is 36.9. The smallest absolute Gasteiger partial charge is 0.109 e. The molecule has 9 heterocycles. The highest BCUT2D eigenvalue weighted by Gasteiger charge is 2.24. The zero-order valence-corrected chi connectivity index (χ0v) is 91.1. The number of benzene rings is 1. The zero-order valence-electron chi connectivity index (χ0n) is 90.3. The molecule has 0 radical (unpaired) electrons. The molecule has 0 spiro atoms. The van der Waals surface area contributed by atoms with Crippen LogP contribution in [0.2, 0.25) is 0 Å². The molecule has 6 aromatic heterocycles. The molecule has 0 fully saturated rings. The van der Waals surface area contributed by atoms with Crippen molar-refractivity contribution in [1.29, 1.82) is 0 Å². The van der Waals surface area contributed by atoms with Gasteiger partial charge >= 0.3 is 0 Å². The van der Waals surface area contributed by atoms with Gasteiger partial charge < -0.3 is 8.83 Å². The summed E-state index contributed by atoms with van der Waals surface area (Å²) in [5.41, 5.74) is 18.8. The minimum absolute atomic E-state index is 0.156. The minimum atomic E-state index is 0.156. The first-order chi connectivity index (χ1) is 59.5. The van der Waals surface area contributed by atoms with Gasteiger partial charge in [0.25, 0.3) is 0 Å². The molecule has 14 rings (SSSR count). The fraction of sp³-hybridized carbons (Fsp3) is 0.521. The van der Waals surface area contributed by atoms with Crippen molar-refractivity contribution in [2.75, 3.05) is 13.1 Å². The Bertz CT molecular complexity index is 4090. The van der Waals surface area contributed by atoms with E-state index in [1.807, 2.05) is 91.0 Å². The molecule has 716 valence electrons. The minimum Gasteiger partial charge on any atom is -0.469 e. The van der Waals surface area contributed by atoms with Crippen molar-refractivity contribution < 1.29 is 8.83 Å². The molecular weight excluding hydrogens is 1600 g/mol. The molecule has 0 saturated heterocycles. The van der Waals surface area contributed by atoms with Gasteiger partial charge in [-0.1, -0.05) is 436 Å². The number of pyridine rings is 3. The largest absolute Gasteiger partial charge is 0.469 e. The number of aliphatic imine (C=N–C) groups is 3. The number of allylic oxidation sites excluding steroid dienone is 20. The first kappa shape index (κ1) is 119. The van der Waals surface area contributed by atoms with E-state index in [9.17, 15) is 0 Å². The zero-order chi connectivity index (χ0) is 99.5. The summed E-state index contributed by atoms with van der Waals surface area (Å²) in [6.45, 7) is 94.2. The second-order valence-corrected chi connectivity index (χ2v) is 49.1. The molecule has 7 aromatic rings. The summed E-state index contributed by atoms with van der Waals surface area (Å²) >= 11 is 1.83. The average Bonchev–Trinajstić information content (AvgIpc) is 1.19. The summed E-state index contributed by atoms with van der Waals surface area (Å²) in [6.07, 6.45) is 57.4. The summed E-state index contributed by atoms with van der Waals surface area (Å²) in [5, 5.41) is 2.13. The number of hydrogen-bond acceptors (Lipinski definition) is 9. The molecule has 8 nitrogen and oxygen atoms in total. The maximum absolute atomic E-state index is 5.20. The number of aromatic nitrogens is 3. The van der Waals surface area contributed by atoms with Crippen LogP contribution in [0.5, 0.6) is 0 Å². The lowest BCUT2D eigenvalue weighted by molar-refractivity contribution is 0.409. The molecule has 7 aliphatic rings. The maximum Gasteiger partial charge on any atom is 0.109 e. The van der Waals surface area contributed by atoms with E-state index in [-0.39, 0.29) is 37.9 Å². The number of rotatable bonds is 0. The molecule has 0 saturated carbocycles. The van der Waals surface area contributed by atoms with Crippen molar-refractivity contribution in [3.05, 3.63) is 328 Å². The van der Waals surface area contributed by atoms with Crippen molar-refractivity contribution in [1.82, 2.24) is 15.0 Å². The Morgan fingerprint density at radius 3 is 0.977 bits per heavy atom. The van der Waals surface area contributed by atoms with E-state index < -0.39 is 0 Å². The Kier molecular flexibility index (Phi) is 49.7. The van der Waals surface area contributed by atoms with E-state index in [2.05, 4.69) is 490 Å². The van der Waals surface area contributed by atoms with Gasteiger partial charge in [0.15, 0.2) is 0 Å². The normalized spacial score (nSPS) is 14.9. The van der Waals surface area contributed by atoms with Gasteiger partial charge in [0.2, 0.25) is 0 Å². The summed E-state index contributed by atoms with van der Waals surface area (Å²) in [4.78, 5) is 26.4. The average molecular weight is 1790 g/mol. The molecule has 0 N–H and O–H groups in total. The van der Waals surface area contributed by atoms with Gasteiger partial charge in [-0.25, -0.2) is 0 Å². The molecule has 9 heteroatoms. The van der Waals surface area contributed by atoms with Crippen molar-refractivity contribution in [3.63, 3.8) is 0 Å². The highest BCUT2D eigenvalue weighted by atomic mass is 32.1. The van der Waals surface area contributed by atoms with Gasteiger partial charge in [0.05, 0.1) is 25.6 Å². The van der Waals surface area contributed by atoms with Crippen LogP contribution in [0.15, 0.2) is 313 Å². The Balaban J connectivity index is 0.000000700. The molecule has 0 atom stereocenters. The molecule has 0 unspecified atom stereocenters. The predicted octanol–water partition coefficient (Wildman–Crippen LogP) is 36.5. The lowest BCUT2D eigenvalue weighted by Crippen LogP contribution is -2.16. The summed E-state index contributed by atoms with van der Waals surface area (Å²) in [7, 11) is 0. The highest BCUT2D eigenvalue weighted by molar-refractivity contribution is 7.10. The van der Waals surface area contributed by atoms with Crippen LogP contribution in [0.3, 0.4) is 0 Å². The van der Waals surface area contributed by atoms with Crippen molar-refractivity contribution in [3.8, 4) is 0 Å². The van der Waals surface area contributed by atoms with E-state index in [0.29, 0.717) is 37.9 Å². The van der Waals surface area contributed by atoms with Crippen molar-refractivity contribution >= 4 is 29.5 Å². The SMILES string of the molecule is CC(C)(C)C1=CC=CC1.CC(C)(C)C1=CCC=C1.CC(C)(C)C1=CCC=C1.CC(C)(C)C1=CCC=C1.CC(C)(C)C1=CCC=N1.CC(C)(C)C1=CCN=C1.CC(C)(C)C1=NCC=C1.CC(C)(C)c1ccccc1.CC(C)(C)c1ccccn1.CC(C)(C)c1cccnc1.CC(C)(C)c1ccco1.CC(C)(C)c1ccco1.CC(C)(C)c1cccs1.CC(C)(C)c1ccncc1. The first-order valence-corrected chi connectivity index (χ1v) is 48.4. The number of thiophene rings is 1. The van der Waals surface area contributed by atoms with Crippen LogP contribution in [0.1, 0.15) is 362 Å². The Labute approximate surface area is 802 Å². The van der Waals surface area contributed by atoms with E-state index in [1.54, 1.807) is 24.3 Å². The summed E-state index contributed by atoms with van der Waals surface area (Å²) in [5.74, 6) is 2.09. The lowest BCUT2D eigenvalue weighted by Gasteiger charge is -2.19. The number of furan rings is 2. The van der Waals surface area contributed by atoms with Gasteiger partial charge in [-0.15, -0.1) is 11.3 Å².